The third-order valence-corrected chi connectivity index (χ3v) is 3.47. The van der Waals surface area contributed by atoms with Gasteiger partial charge in [0.25, 0.3) is 0 Å². The van der Waals surface area contributed by atoms with Crippen LogP contribution in [0.15, 0.2) is 28.7 Å². The molecule has 1 heterocycles. The number of nitrogens with two attached hydrogens (primary N) is 1. The molecule has 2 rings (SSSR count). The zero-order chi connectivity index (χ0) is 15.2. The first-order valence-electron chi connectivity index (χ1n) is 6.61. The van der Waals surface area contributed by atoms with Gasteiger partial charge in [0.15, 0.2) is 0 Å². The van der Waals surface area contributed by atoms with Crippen LogP contribution in [0.4, 0.5) is 17.3 Å². The molecule has 112 valence electrons. The van der Waals surface area contributed by atoms with Crippen LogP contribution in [0.25, 0.3) is 0 Å². The number of halogens is 1. The number of hydrogen-bond donors (Lipinski definition) is 3. The van der Waals surface area contributed by atoms with E-state index in [2.05, 4.69) is 43.6 Å². The molecule has 0 radical (unpaired) electrons. The molecule has 0 unspecified atom stereocenters. The van der Waals surface area contributed by atoms with E-state index < -0.39 is 0 Å². The van der Waals surface area contributed by atoms with Gasteiger partial charge in [-0.15, -0.1) is 0 Å². The van der Waals surface area contributed by atoms with Gasteiger partial charge < -0.3 is 15.5 Å². The van der Waals surface area contributed by atoms with Crippen LogP contribution in [0.1, 0.15) is 19.2 Å². The molecule has 4 N–H and O–H groups in total. The number of aromatic nitrogens is 2. The van der Waals surface area contributed by atoms with Crippen LogP contribution >= 0.6 is 15.9 Å². The van der Waals surface area contributed by atoms with Crippen molar-refractivity contribution < 1.29 is 4.74 Å². The highest BCUT2D eigenvalue weighted by atomic mass is 79.9. The minimum atomic E-state index is 0.583. The first-order chi connectivity index (χ1) is 10.2. The van der Waals surface area contributed by atoms with Gasteiger partial charge in [0.2, 0.25) is 0 Å². The van der Waals surface area contributed by atoms with E-state index in [0.29, 0.717) is 11.6 Å². The molecule has 0 saturated carbocycles. The summed E-state index contributed by atoms with van der Waals surface area (Å²) in [7, 11) is 1.63. The Bertz CT molecular complexity index is 620. The number of hydrazine groups is 1. The largest absolute Gasteiger partial charge is 0.495 e. The van der Waals surface area contributed by atoms with Crippen molar-refractivity contribution in [3.05, 3.63) is 34.6 Å². The molecule has 0 aliphatic rings. The van der Waals surface area contributed by atoms with Crippen LogP contribution in [0, 0.1) is 0 Å². The molecule has 7 heteroatoms. The number of benzene rings is 1. The van der Waals surface area contributed by atoms with E-state index in [-0.39, 0.29) is 0 Å². The number of methoxy groups -OCH3 is 1. The molecule has 0 fully saturated rings. The first-order valence-corrected chi connectivity index (χ1v) is 7.40. The lowest BCUT2D eigenvalue weighted by Crippen LogP contribution is -2.11. The van der Waals surface area contributed by atoms with Gasteiger partial charge in [0.05, 0.1) is 11.6 Å². The molecule has 0 atom stereocenters. The van der Waals surface area contributed by atoms with Crippen molar-refractivity contribution in [1.82, 2.24) is 9.97 Å². The van der Waals surface area contributed by atoms with E-state index >= 15 is 0 Å². The minimum Gasteiger partial charge on any atom is -0.495 e. The lowest BCUT2D eigenvalue weighted by molar-refractivity contribution is 0.412. The maximum atomic E-state index is 5.45. The van der Waals surface area contributed by atoms with Crippen molar-refractivity contribution in [2.45, 2.75) is 19.8 Å². The summed E-state index contributed by atoms with van der Waals surface area (Å²) in [4.78, 5) is 8.79. The van der Waals surface area contributed by atoms with Gasteiger partial charge in [-0.3, -0.25) is 0 Å². The third-order valence-electron chi connectivity index (χ3n) is 2.82. The Balaban J connectivity index is 2.27. The van der Waals surface area contributed by atoms with E-state index in [0.717, 1.165) is 34.6 Å². The van der Waals surface area contributed by atoms with Crippen molar-refractivity contribution in [3.8, 4) is 5.75 Å². The van der Waals surface area contributed by atoms with Gasteiger partial charge in [-0.05, 0) is 34.5 Å². The minimum absolute atomic E-state index is 0.583. The first kappa shape index (κ1) is 15.5. The van der Waals surface area contributed by atoms with E-state index in [9.17, 15) is 0 Å². The van der Waals surface area contributed by atoms with Crippen molar-refractivity contribution >= 4 is 33.3 Å². The third kappa shape index (κ3) is 4.05. The molecule has 0 bridgehead atoms. The summed E-state index contributed by atoms with van der Waals surface area (Å²) in [5.41, 5.74) is 3.43. The maximum Gasteiger partial charge on any atom is 0.145 e. The van der Waals surface area contributed by atoms with Crippen LogP contribution in [0.3, 0.4) is 0 Å². The molecule has 0 amide bonds. The number of anilines is 3. The second-order valence-corrected chi connectivity index (χ2v) is 5.28. The monoisotopic (exact) mass is 351 g/mol. The molecule has 0 aliphatic heterocycles. The number of nitrogen functional groups attached to an aromatic ring is 1. The Hall–Kier alpha value is -1.86. The average molecular weight is 352 g/mol. The highest BCUT2D eigenvalue weighted by molar-refractivity contribution is 9.10. The van der Waals surface area contributed by atoms with E-state index in [1.54, 1.807) is 13.2 Å². The summed E-state index contributed by atoms with van der Waals surface area (Å²) < 4.78 is 6.18. The van der Waals surface area contributed by atoms with Crippen molar-refractivity contribution in [3.63, 3.8) is 0 Å². The van der Waals surface area contributed by atoms with Gasteiger partial charge in [0, 0.05) is 24.2 Å². The highest BCUT2D eigenvalue weighted by Crippen LogP contribution is 2.29. The Morgan fingerprint density at radius 2 is 2.00 bits per heavy atom. The van der Waals surface area contributed by atoms with Crippen molar-refractivity contribution in [2.24, 2.45) is 5.84 Å². The summed E-state index contributed by atoms with van der Waals surface area (Å²) in [6.07, 6.45) is 1.77. The maximum absolute atomic E-state index is 5.45. The topological polar surface area (TPSA) is 85.1 Å². The average Bonchev–Trinajstić information content (AvgIpc) is 2.49. The summed E-state index contributed by atoms with van der Waals surface area (Å²) in [6, 6.07) is 7.50. The Labute approximate surface area is 132 Å². The van der Waals surface area contributed by atoms with Crippen LogP contribution in [0.5, 0.6) is 5.75 Å². The van der Waals surface area contributed by atoms with Gasteiger partial charge >= 0.3 is 0 Å². The summed E-state index contributed by atoms with van der Waals surface area (Å²) in [5, 5.41) is 3.23. The van der Waals surface area contributed by atoms with Gasteiger partial charge in [0.1, 0.15) is 23.2 Å². The lowest BCUT2D eigenvalue weighted by Gasteiger charge is -2.11. The predicted molar refractivity (Wildman–Crippen MR) is 87.8 cm³/mol. The molecule has 0 saturated heterocycles. The fourth-order valence-electron chi connectivity index (χ4n) is 1.86. The molecule has 2 aromatic rings. The molecule has 0 spiro atoms. The number of nitrogens with zero attached hydrogens (tertiary/aromatic N) is 2. The zero-order valence-corrected chi connectivity index (χ0v) is 13.6. The van der Waals surface area contributed by atoms with Crippen LogP contribution in [0.2, 0.25) is 0 Å². The fraction of sp³-hybridized carbons (Fsp3) is 0.286. The summed E-state index contributed by atoms with van der Waals surface area (Å²) in [5.74, 6) is 8.22. The van der Waals surface area contributed by atoms with Gasteiger partial charge in [-0.25, -0.2) is 15.8 Å². The number of hydrogen-bond acceptors (Lipinski definition) is 6. The molecule has 21 heavy (non-hydrogen) atoms. The second kappa shape index (κ2) is 7.24. The smallest absolute Gasteiger partial charge is 0.145 e. The van der Waals surface area contributed by atoms with Crippen LogP contribution in [-0.4, -0.2) is 17.1 Å². The quantitative estimate of drug-likeness (QED) is 0.547. The van der Waals surface area contributed by atoms with E-state index in [4.69, 9.17) is 10.6 Å². The fourth-order valence-corrected chi connectivity index (χ4v) is 2.26. The predicted octanol–water partition coefficient (Wildman–Crippen LogP) is 3.23. The standard InChI is InChI=1S/C14H18BrN5O/c1-3-4-12-18-13(8-14(19-12)20-16)17-9-5-6-10(15)11(7-9)21-2/h5-8H,3-4,16H2,1-2H3,(H2,17,18,19,20). The van der Waals surface area contributed by atoms with Crippen molar-refractivity contribution in [2.75, 3.05) is 17.9 Å². The normalized spacial score (nSPS) is 10.3. The van der Waals surface area contributed by atoms with Gasteiger partial charge in [-0.2, -0.15) is 0 Å². The zero-order valence-electron chi connectivity index (χ0n) is 12.0. The highest BCUT2D eigenvalue weighted by Gasteiger charge is 2.06. The number of ether oxygens (including phenoxy) is 1. The van der Waals surface area contributed by atoms with Crippen LogP contribution < -0.4 is 21.3 Å². The Morgan fingerprint density at radius 1 is 1.24 bits per heavy atom. The number of rotatable bonds is 6. The Morgan fingerprint density at radius 3 is 2.67 bits per heavy atom. The Kier molecular flexibility index (Phi) is 5.35. The summed E-state index contributed by atoms with van der Waals surface area (Å²) >= 11 is 3.43. The van der Waals surface area contributed by atoms with E-state index in [1.165, 1.54) is 0 Å². The number of aryl methyl sites for hydroxylation is 1. The molecular formula is C14H18BrN5O. The molecule has 0 aliphatic carbocycles. The molecule has 1 aromatic heterocycles. The van der Waals surface area contributed by atoms with Gasteiger partial charge in [-0.1, -0.05) is 6.92 Å². The van der Waals surface area contributed by atoms with Crippen molar-refractivity contribution in [1.29, 1.82) is 0 Å². The second-order valence-electron chi connectivity index (χ2n) is 4.42. The number of nitrogens with one attached hydrogen (secondary N) is 2. The SMILES string of the molecule is CCCc1nc(NN)cc(Nc2ccc(Br)c(OC)c2)n1. The van der Waals surface area contributed by atoms with E-state index in [1.807, 2.05) is 18.2 Å². The van der Waals surface area contributed by atoms with Crippen LogP contribution in [-0.2, 0) is 6.42 Å². The summed E-state index contributed by atoms with van der Waals surface area (Å²) in [6.45, 7) is 2.08. The molecular weight excluding hydrogens is 334 g/mol. The molecule has 1 aromatic carbocycles. The molecule has 6 nitrogen and oxygen atoms in total. The lowest BCUT2D eigenvalue weighted by atomic mass is 10.3.